The number of halogens is 6. The van der Waals surface area contributed by atoms with Crippen molar-refractivity contribution in [1.29, 1.82) is 0 Å². The Labute approximate surface area is 66.1 Å². The van der Waals surface area contributed by atoms with Crippen molar-refractivity contribution in [3.63, 3.8) is 0 Å². The molecular formula is C4H6Cl2F4. The molecule has 0 aromatic rings. The maximum atomic E-state index is 10.8. The minimum atomic E-state index is -3.03. The lowest BCUT2D eigenvalue weighted by Gasteiger charge is -1.90. The van der Waals surface area contributed by atoms with Crippen LogP contribution in [0, 0.1) is 0 Å². The molecule has 0 aliphatic heterocycles. The molecule has 0 spiro atoms. The van der Waals surface area contributed by atoms with Crippen LogP contribution in [-0.2, 0) is 0 Å². The summed E-state index contributed by atoms with van der Waals surface area (Å²) < 4.78 is 43.1. The molecule has 64 valence electrons. The molecule has 0 atom stereocenters. The second-order valence-corrected chi connectivity index (χ2v) is 2.89. The summed E-state index contributed by atoms with van der Waals surface area (Å²) >= 11 is 8.39. The molecule has 0 aromatic carbocycles. The Morgan fingerprint density at radius 1 is 0.800 bits per heavy atom. The highest BCUT2D eigenvalue weighted by molar-refractivity contribution is 6.21. The Morgan fingerprint density at radius 3 is 0.800 bits per heavy atom. The third-order valence-corrected chi connectivity index (χ3v) is 0. The summed E-state index contributed by atoms with van der Waals surface area (Å²) in [6.07, 6.45) is 0. The average molecular weight is 201 g/mol. The van der Waals surface area contributed by atoms with Crippen molar-refractivity contribution in [2.75, 3.05) is 0 Å². The molecule has 10 heavy (non-hydrogen) atoms. The van der Waals surface area contributed by atoms with Gasteiger partial charge in [-0.3, -0.25) is 0 Å². The van der Waals surface area contributed by atoms with E-state index in [-0.39, 0.29) is 0 Å². The standard InChI is InChI=1S/2C2H3ClF2/c2*1-2(3,4)5/h2*1H3. The monoisotopic (exact) mass is 200 g/mol. The predicted molar refractivity (Wildman–Crippen MR) is 32.9 cm³/mol. The first-order valence-electron chi connectivity index (χ1n) is 2.13. The van der Waals surface area contributed by atoms with Crippen LogP contribution in [-0.4, -0.2) is 10.8 Å². The van der Waals surface area contributed by atoms with E-state index in [1.165, 1.54) is 0 Å². The second-order valence-electron chi connectivity index (χ2n) is 1.56. The van der Waals surface area contributed by atoms with Gasteiger partial charge in [0.2, 0.25) is 0 Å². The van der Waals surface area contributed by atoms with Crippen LogP contribution in [0.15, 0.2) is 0 Å². The predicted octanol–water partition coefficient (Wildman–Crippen LogP) is 3.68. The van der Waals surface area contributed by atoms with Crippen molar-refractivity contribution in [3.05, 3.63) is 0 Å². The maximum absolute atomic E-state index is 10.8. The molecule has 6 heteroatoms. The van der Waals surface area contributed by atoms with Crippen molar-refractivity contribution in [3.8, 4) is 0 Å². The van der Waals surface area contributed by atoms with Crippen molar-refractivity contribution >= 4 is 23.2 Å². The minimum absolute atomic E-state index is 0.620. The molecular weight excluding hydrogens is 195 g/mol. The van der Waals surface area contributed by atoms with Crippen molar-refractivity contribution < 1.29 is 17.6 Å². The number of hydrogen-bond donors (Lipinski definition) is 0. The second kappa shape index (κ2) is 4.23. The SMILES string of the molecule is CC(F)(F)Cl.CC(F)(F)Cl. The van der Waals surface area contributed by atoms with Gasteiger partial charge < -0.3 is 0 Å². The van der Waals surface area contributed by atoms with E-state index in [0.717, 1.165) is 0 Å². The van der Waals surface area contributed by atoms with Gasteiger partial charge in [-0.05, 0) is 23.2 Å². The zero-order chi connectivity index (χ0) is 9.00. The van der Waals surface area contributed by atoms with Crippen LogP contribution < -0.4 is 0 Å². The van der Waals surface area contributed by atoms with Crippen LogP contribution in [0.2, 0.25) is 0 Å². The Morgan fingerprint density at radius 2 is 0.800 bits per heavy atom. The van der Waals surface area contributed by atoms with Gasteiger partial charge in [-0.25, -0.2) is 0 Å². The summed E-state index contributed by atoms with van der Waals surface area (Å²) in [4.78, 5) is 0. The molecule has 0 amide bonds. The summed E-state index contributed by atoms with van der Waals surface area (Å²) in [6, 6.07) is 0. The number of hydrogen-bond acceptors (Lipinski definition) is 0. The summed E-state index contributed by atoms with van der Waals surface area (Å²) in [5.41, 5.74) is 0. The van der Waals surface area contributed by atoms with Gasteiger partial charge in [-0.1, -0.05) is 0 Å². The van der Waals surface area contributed by atoms with Gasteiger partial charge in [0.05, 0.1) is 0 Å². The van der Waals surface area contributed by atoms with Gasteiger partial charge in [-0.2, -0.15) is 17.6 Å². The lowest BCUT2D eigenvalue weighted by Crippen LogP contribution is -1.92. The minimum Gasteiger partial charge on any atom is -0.189 e. The van der Waals surface area contributed by atoms with Crippen LogP contribution in [0.1, 0.15) is 13.8 Å². The van der Waals surface area contributed by atoms with E-state index >= 15 is 0 Å². The number of alkyl halides is 6. The van der Waals surface area contributed by atoms with E-state index in [9.17, 15) is 17.6 Å². The van der Waals surface area contributed by atoms with E-state index in [1.54, 1.807) is 0 Å². The lowest BCUT2D eigenvalue weighted by atomic mass is 10.9. The van der Waals surface area contributed by atoms with Crippen LogP contribution >= 0.6 is 23.2 Å². The van der Waals surface area contributed by atoms with Gasteiger partial charge in [0.25, 0.3) is 0 Å². The quantitative estimate of drug-likeness (QED) is 0.414. The molecule has 0 saturated heterocycles. The van der Waals surface area contributed by atoms with Crippen LogP contribution in [0.5, 0.6) is 0 Å². The summed E-state index contributed by atoms with van der Waals surface area (Å²) in [7, 11) is 0. The van der Waals surface area contributed by atoms with Crippen LogP contribution in [0.25, 0.3) is 0 Å². The van der Waals surface area contributed by atoms with Gasteiger partial charge in [0, 0.05) is 13.8 Å². The molecule has 0 aliphatic carbocycles. The van der Waals surface area contributed by atoms with Gasteiger partial charge in [0.15, 0.2) is 0 Å². The summed E-state index contributed by atoms with van der Waals surface area (Å²) in [5, 5.41) is -6.06. The third-order valence-electron chi connectivity index (χ3n) is 0. The average Bonchev–Trinajstić information content (AvgIpc) is 1.12. The Hall–Kier alpha value is 0.300. The normalized spacial score (nSPS) is 12.0. The molecule has 0 radical (unpaired) electrons. The van der Waals surface area contributed by atoms with Crippen molar-refractivity contribution in [2.45, 2.75) is 24.6 Å². The largest absolute Gasteiger partial charge is 0.318 e. The third kappa shape index (κ3) is 4910. The van der Waals surface area contributed by atoms with Gasteiger partial charge in [0.1, 0.15) is 0 Å². The Bertz CT molecular complexity index is 58.2. The zero-order valence-corrected chi connectivity index (χ0v) is 6.78. The molecule has 0 heterocycles. The topological polar surface area (TPSA) is 0 Å². The molecule has 0 saturated carbocycles. The first-order valence-corrected chi connectivity index (χ1v) is 2.89. The first-order chi connectivity index (χ1) is 4.00. The summed E-state index contributed by atoms with van der Waals surface area (Å²) in [5.74, 6) is 0. The molecule has 0 rings (SSSR count). The van der Waals surface area contributed by atoms with Gasteiger partial charge in [-0.15, -0.1) is 0 Å². The lowest BCUT2D eigenvalue weighted by molar-refractivity contribution is 0.118. The highest BCUT2D eigenvalue weighted by Gasteiger charge is 2.13. The molecule has 0 aliphatic rings. The van der Waals surface area contributed by atoms with E-state index in [1.807, 2.05) is 0 Å². The van der Waals surface area contributed by atoms with E-state index < -0.39 is 10.8 Å². The fourth-order valence-corrected chi connectivity index (χ4v) is 0. The van der Waals surface area contributed by atoms with Crippen LogP contribution in [0.3, 0.4) is 0 Å². The fraction of sp³-hybridized carbons (Fsp3) is 1.00. The van der Waals surface area contributed by atoms with E-state index in [2.05, 4.69) is 23.2 Å². The molecule has 0 bridgehead atoms. The fourth-order valence-electron chi connectivity index (χ4n) is 0. The zero-order valence-electron chi connectivity index (χ0n) is 5.27. The van der Waals surface area contributed by atoms with Crippen LogP contribution in [0.4, 0.5) is 17.6 Å². The highest BCUT2D eigenvalue weighted by Crippen LogP contribution is 2.15. The molecule has 0 N–H and O–H groups in total. The smallest absolute Gasteiger partial charge is 0.189 e. The van der Waals surface area contributed by atoms with E-state index in [0.29, 0.717) is 13.8 Å². The molecule has 0 fully saturated rings. The maximum Gasteiger partial charge on any atom is 0.318 e. The first kappa shape index (κ1) is 12.9. The van der Waals surface area contributed by atoms with Gasteiger partial charge >= 0.3 is 10.8 Å². The highest BCUT2D eigenvalue weighted by atomic mass is 35.5. The Kier molecular flexibility index (Phi) is 5.48. The molecule has 0 nitrogen and oxygen atoms in total. The Balaban J connectivity index is 0. The summed E-state index contributed by atoms with van der Waals surface area (Å²) in [6.45, 7) is 1.24. The van der Waals surface area contributed by atoms with Crippen molar-refractivity contribution in [1.82, 2.24) is 0 Å². The van der Waals surface area contributed by atoms with E-state index in [4.69, 9.17) is 0 Å². The molecule has 0 unspecified atom stereocenters. The number of rotatable bonds is 0. The molecule has 0 aromatic heterocycles. The van der Waals surface area contributed by atoms with Crippen molar-refractivity contribution in [2.24, 2.45) is 0 Å².